The van der Waals surface area contributed by atoms with Crippen molar-refractivity contribution in [3.63, 3.8) is 0 Å². The third kappa shape index (κ3) is 4.18. The van der Waals surface area contributed by atoms with Crippen LogP contribution in [0, 0.1) is 6.92 Å². The van der Waals surface area contributed by atoms with Crippen LogP contribution in [-0.4, -0.2) is 17.0 Å². The van der Waals surface area contributed by atoms with E-state index < -0.39 is 12.0 Å². The van der Waals surface area contributed by atoms with Crippen LogP contribution >= 0.6 is 0 Å². The molecule has 0 saturated heterocycles. The Kier molecular flexibility index (Phi) is 4.72. The molecule has 0 aliphatic carbocycles. The van der Waals surface area contributed by atoms with Crippen LogP contribution in [-0.2, 0) is 16.0 Å². The van der Waals surface area contributed by atoms with Crippen molar-refractivity contribution in [1.29, 1.82) is 0 Å². The van der Waals surface area contributed by atoms with E-state index in [1.807, 2.05) is 31.2 Å². The molecule has 21 heavy (non-hydrogen) atoms. The molecule has 0 fully saturated rings. The summed E-state index contributed by atoms with van der Waals surface area (Å²) in [5.41, 5.74) is 2.53. The maximum Gasteiger partial charge on any atom is 0.330 e. The average Bonchev–Trinajstić information content (AvgIpc) is 2.48. The number of amides is 1. The zero-order chi connectivity index (χ0) is 15.2. The summed E-state index contributed by atoms with van der Waals surface area (Å²) in [5, 5.41) is 11.8. The smallest absolute Gasteiger partial charge is 0.330 e. The van der Waals surface area contributed by atoms with Crippen molar-refractivity contribution in [2.24, 2.45) is 0 Å². The summed E-state index contributed by atoms with van der Waals surface area (Å²) in [5.74, 6) is -1.38. The number of carbonyl (C=O) groups excluding carboxylic acids is 1. The zero-order valence-electron chi connectivity index (χ0n) is 11.7. The van der Waals surface area contributed by atoms with Crippen molar-refractivity contribution in [3.8, 4) is 0 Å². The largest absolute Gasteiger partial charge is 0.479 e. The van der Waals surface area contributed by atoms with Crippen molar-refractivity contribution in [3.05, 3.63) is 71.3 Å². The first kappa shape index (κ1) is 14.8. The molecule has 0 aliphatic heterocycles. The molecular formula is C17H17NO3. The fourth-order valence-corrected chi connectivity index (χ4v) is 2.04. The number of nitrogens with one attached hydrogen (secondary N) is 1. The quantitative estimate of drug-likeness (QED) is 0.886. The Morgan fingerprint density at radius 3 is 2.24 bits per heavy atom. The van der Waals surface area contributed by atoms with Gasteiger partial charge >= 0.3 is 5.97 Å². The second-order valence-corrected chi connectivity index (χ2v) is 4.91. The number of hydrogen-bond acceptors (Lipinski definition) is 2. The van der Waals surface area contributed by atoms with Crippen LogP contribution in [0.15, 0.2) is 54.6 Å². The monoisotopic (exact) mass is 283 g/mol. The van der Waals surface area contributed by atoms with Crippen LogP contribution in [0.2, 0.25) is 0 Å². The Morgan fingerprint density at radius 2 is 1.67 bits per heavy atom. The number of benzene rings is 2. The van der Waals surface area contributed by atoms with E-state index in [1.165, 1.54) is 0 Å². The fourth-order valence-electron chi connectivity index (χ4n) is 2.04. The Labute approximate surface area is 123 Å². The molecule has 1 unspecified atom stereocenters. The molecular weight excluding hydrogens is 266 g/mol. The molecule has 0 spiro atoms. The number of rotatable bonds is 5. The molecule has 4 nitrogen and oxygen atoms in total. The first-order valence-corrected chi connectivity index (χ1v) is 6.69. The molecule has 0 bridgehead atoms. The van der Waals surface area contributed by atoms with Gasteiger partial charge in [0.05, 0.1) is 6.42 Å². The molecule has 2 aromatic carbocycles. The topological polar surface area (TPSA) is 66.4 Å². The molecule has 0 aliphatic rings. The van der Waals surface area contributed by atoms with Gasteiger partial charge in [-0.15, -0.1) is 0 Å². The standard InChI is InChI=1S/C17H17NO3/c1-12-7-9-13(10-8-12)11-15(19)18-16(17(20)21)14-5-3-2-4-6-14/h2-10,16H,11H2,1H3,(H,18,19)(H,20,21). The third-order valence-electron chi connectivity index (χ3n) is 3.17. The maximum absolute atomic E-state index is 12.0. The van der Waals surface area contributed by atoms with Gasteiger partial charge in [-0.2, -0.15) is 0 Å². The lowest BCUT2D eigenvalue weighted by molar-refractivity contribution is -0.141. The second-order valence-electron chi connectivity index (χ2n) is 4.91. The molecule has 108 valence electrons. The van der Waals surface area contributed by atoms with Crippen LogP contribution < -0.4 is 5.32 Å². The van der Waals surface area contributed by atoms with Crippen LogP contribution in [0.4, 0.5) is 0 Å². The van der Waals surface area contributed by atoms with Gasteiger partial charge in [0.15, 0.2) is 6.04 Å². The maximum atomic E-state index is 12.0. The molecule has 0 heterocycles. The Morgan fingerprint density at radius 1 is 1.05 bits per heavy atom. The van der Waals surface area contributed by atoms with Gasteiger partial charge in [0, 0.05) is 0 Å². The predicted octanol–water partition coefficient (Wildman–Crippen LogP) is 2.48. The summed E-state index contributed by atoms with van der Waals surface area (Å²) in [6.07, 6.45) is 0.164. The molecule has 2 rings (SSSR count). The second kappa shape index (κ2) is 6.70. The van der Waals surface area contributed by atoms with Gasteiger partial charge in [-0.1, -0.05) is 60.2 Å². The summed E-state index contributed by atoms with van der Waals surface area (Å²) >= 11 is 0. The molecule has 4 heteroatoms. The van der Waals surface area contributed by atoms with E-state index in [1.54, 1.807) is 30.3 Å². The van der Waals surface area contributed by atoms with Gasteiger partial charge in [-0.25, -0.2) is 4.79 Å². The lowest BCUT2D eigenvalue weighted by Gasteiger charge is -2.15. The zero-order valence-corrected chi connectivity index (χ0v) is 11.7. The molecule has 2 N–H and O–H groups in total. The Hall–Kier alpha value is -2.62. The van der Waals surface area contributed by atoms with Gasteiger partial charge in [-0.05, 0) is 18.1 Å². The number of carboxylic acid groups (broad SMARTS) is 1. The number of carbonyl (C=O) groups is 2. The van der Waals surface area contributed by atoms with E-state index in [9.17, 15) is 14.7 Å². The first-order chi connectivity index (χ1) is 10.1. The Balaban J connectivity index is 2.05. The SMILES string of the molecule is Cc1ccc(CC(=O)NC(C(=O)O)c2ccccc2)cc1. The lowest BCUT2D eigenvalue weighted by atomic mass is 10.1. The van der Waals surface area contributed by atoms with Gasteiger partial charge in [0.1, 0.15) is 0 Å². The summed E-state index contributed by atoms with van der Waals surface area (Å²) < 4.78 is 0. The van der Waals surface area contributed by atoms with Crippen LogP contribution in [0.1, 0.15) is 22.7 Å². The third-order valence-corrected chi connectivity index (χ3v) is 3.17. The van der Waals surface area contributed by atoms with Crippen LogP contribution in [0.25, 0.3) is 0 Å². The van der Waals surface area contributed by atoms with Crippen LogP contribution in [0.5, 0.6) is 0 Å². The molecule has 0 saturated carbocycles. The Bertz CT molecular complexity index is 620. The summed E-state index contributed by atoms with van der Waals surface area (Å²) in [7, 11) is 0. The lowest BCUT2D eigenvalue weighted by Crippen LogP contribution is -2.34. The van der Waals surface area contributed by atoms with E-state index in [0.717, 1.165) is 11.1 Å². The minimum atomic E-state index is -1.07. The predicted molar refractivity (Wildman–Crippen MR) is 79.8 cm³/mol. The number of hydrogen-bond donors (Lipinski definition) is 2. The molecule has 2 aromatic rings. The van der Waals surface area contributed by atoms with Gasteiger partial charge in [0.2, 0.25) is 5.91 Å². The number of aliphatic carboxylic acids is 1. The summed E-state index contributed by atoms with van der Waals surface area (Å²) in [4.78, 5) is 23.3. The normalized spacial score (nSPS) is 11.7. The highest BCUT2D eigenvalue weighted by atomic mass is 16.4. The number of carboxylic acids is 1. The summed E-state index contributed by atoms with van der Waals surface area (Å²) in [6, 6.07) is 15.2. The summed E-state index contributed by atoms with van der Waals surface area (Å²) in [6.45, 7) is 1.97. The van der Waals surface area contributed by atoms with E-state index in [4.69, 9.17) is 0 Å². The molecule has 0 aromatic heterocycles. The van der Waals surface area contributed by atoms with Crippen molar-refractivity contribution in [1.82, 2.24) is 5.32 Å². The van der Waals surface area contributed by atoms with E-state index in [-0.39, 0.29) is 12.3 Å². The average molecular weight is 283 g/mol. The highest BCUT2D eigenvalue weighted by Gasteiger charge is 2.21. The fraction of sp³-hybridized carbons (Fsp3) is 0.176. The van der Waals surface area contributed by atoms with Gasteiger partial charge in [0.25, 0.3) is 0 Å². The van der Waals surface area contributed by atoms with E-state index in [0.29, 0.717) is 5.56 Å². The van der Waals surface area contributed by atoms with Gasteiger partial charge < -0.3 is 10.4 Å². The van der Waals surface area contributed by atoms with Crippen molar-refractivity contribution < 1.29 is 14.7 Å². The minimum Gasteiger partial charge on any atom is -0.479 e. The van der Waals surface area contributed by atoms with Crippen molar-refractivity contribution in [2.45, 2.75) is 19.4 Å². The highest BCUT2D eigenvalue weighted by molar-refractivity contribution is 5.85. The molecule has 1 atom stereocenters. The number of aryl methyl sites for hydroxylation is 1. The van der Waals surface area contributed by atoms with Crippen LogP contribution in [0.3, 0.4) is 0 Å². The van der Waals surface area contributed by atoms with E-state index >= 15 is 0 Å². The van der Waals surface area contributed by atoms with Gasteiger partial charge in [-0.3, -0.25) is 4.79 Å². The first-order valence-electron chi connectivity index (χ1n) is 6.69. The van der Waals surface area contributed by atoms with Crippen molar-refractivity contribution in [2.75, 3.05) is 0 Å². The molecule has 1 amide bonds. The molecule has 0 radical (unpaired) electrons. The highest BCUT2D eigenvalue weighted by Crippen LogP contribution is 2.13. The van der Waals surface area contributed by atoms with Crippen molar-refractivity contribution >= 4 is 11.9 Å². The van der Waals surface area contributed by atoms with E-state index in [2.05, 4.69) is 5.32 Å². The minimum absolute atomic E-state index is 0.164.